The Kier molecular flexibility index (Phi) is 5.75. The van der Waals surface area contributed by atoms with Crippen LogP contribution in [-0.2, 0) is 0 Å². The number of likely N-dealkylation sites (tertiary alicyclic amines) is 1. The molecule has 1 aliphatic rings. The summed E-state index contributed by atoms with van der Waals surface area (Å²) < 4.78 is 28.5. The van der Waals surface area contributed by atoms with Crippen molar-refractivity contribution in [3.8, 4) is 0 Å². The fraction of sp³-hybridized carbons (Fsp3) is 0.273. The van der Waals surface area contributed by atoms with Crippen LogP contribution in [0.4, 0.5) is 8.78 Å². The Balaban J connectivity index is 1.53. The second-order valence-corrected chi connectivity index (χ2v) is 7.36. The lowest BCUT2D eigenvalue weighted by atomic mass is 10.2. The number of fused-ring (bicyclic) bond motifs is 1. The molecule has 2 N–H and O–H groups in total. The first-order valence-electron chi connectivity index (χ1n) is 9.91. The Labute approximate surface area is 177 Å². The lowest BCUT2D eigenvalue weighted by Gasteiger charge is -2.15. The molecule has 1 saturated heterocycles. The van der Waals surface area contributed by atoms with Crippen molar-refractivity contribution in [3.05, 3.63) is 66.3 Å². The smallest absolute Gasteiger partial charge is 0.295 e. The van der Waals surface area contributed by atoms with Crippen LogP contribution >= 0.6 is 0 Å². The molecule has 0 aliphatic carbocycles. The van der Waals surface area contributed by atoms with E-state index in [1.54, 1.807) is 66.7 Å². The van der Waals surface area contributed by atoms with Gasteiger partial charge in [-0.3, -0.25) is 19.3 Å². The molecular formula is C22H22F2N6O. The minimum Gasteiger partial charge on any atom is -0.384 e. The lowest BCUT2D eigenvalue weighted by molar-refractivity contribution is 0.0791. The van der Waals surface area contributed by atoms with Crippen LogP contribution in [-0.4, -0.2) is 50.3 Å². The van der Waals surface area contributed by atoms with Crippen LogP contribution in [0.1, 0.15) is 36.0 Å². The van der Waals surface area contributed by atoms with Gasteiger partial charge >= 0.3 is 0 Å². The van der Waals surface area contributed by atoms with Crippen LogP contribution in [0.3, 0.4) is 0 Å². The van der Waals surface area contributed by atoms with Gasteiger partial charge in [0.15, 0.2) is 5.82 Å². The molecule has 9 heteroatoms. The number of para-hydroxylation sites is 2. The fourth-order valence-corrected chi connectivity index (χ4v) is 3.80. The molecule has 7 nitrogen and oxygen atoms in total. The Hall–Kier alpha value is -3.62. The molecule has 2 aromatic heterocycles. The van der Waals surface area contributed by atoms with Gasteiger partial charge in [-0.2, -0.15) is 0 Å². The molecule has 1 fully saturated rings. The van der Waals surface area contributed by atoms with Gasteiger partial charge in [-0.15, -0.1) is 0 Å². The number of aliphatic imine (C=N–C) groups is 1. The molecule has 1 amide bonds. The van der Waals surface area contributed by atoms with E-state index in [4.69, 9.17) is 5.73 Å². The summed E-state index contributed by atoms with van der Waals surface area (Å²) in [6.45, 7) is 2.72. The predicted molar refractivity (Wildman–Crippen MR) is 115 cm³/mol. The number of alkyl halides is 2. The van der Waals surface area contributed by atoms with Gasteiger partial charge in [-0.05, 0) is 43.7 Å². The fourth-order valence-electron chi connectivity index (χ4n) is 3.80. The third kappa shape index (κ3) is 4.30. The minimum absolute atomic E-state index is 0.0724. The summed E-state index contributed by atoms with van der Waals surface area (Å²) in [7, 11) is 0. The number of nitrogens with two attached hydrogens (primary N) is 1. The van der Waals surface area contributed by atoms with Gasteiger partial charge in [-0.25, -0.2) is 13.8 Å². The van der Waals surface area contributed by atoms with Crippen LogP contribution in [0.5, 0.6) is 0 Å². The standard InChI is InChI=1S/C22H22F2N6O/c1-14(30-18-5-3-2-4-17(18)28-21(30)20(23)24)12-19(25)27-16-8-11-29(13-16)22(31)15-6-9-26-10-7-15/h2-7,9-10,12,16,20H,8,11,13H2,1H3,(H2,25,27)/b14-12+/t16-/m0/s1. The number of benzene rings is 1. The number of allylic oxidation sites excluding steroid dienone is 1. The SMILES string of the molecule is C/C(=C\C(N)=N[C@H]1CCN(C(=O)c2ccncc2)C1)n1c(C(F)F)nc2ccccc21. The number of pyridine rings is 1. The lowest BCUT2D eigenvalue weighted by Crippen LogP contribution is -2.29. The molecule has 3 heterocycles. The first kappa shape index (κ1) is 20.6. The Morgan fingerprint density at radius 3 is 2.74 bits per heavy atom. The number of nitrogens with zero attached hydrogens (tertiary/aromatic N) is 5. The molecule has 1 aromatic carbocycles. The highest BCUT2D eigenvalue weighted by atomic mass is 19.3. The maximum atomic E-state index is 13.5. The van der Waals surface area contributed by atoms with Gasteiger partial charge in [0.2, 0.25) is 0 Å². The number of halogens is 2. The normalized spacial score (nSPS) is 17.7. The van der Waals surface area contributed by atoms with Gasteiger partial charge in [0, 0.05) is 36.7 Å². The molecule has 4 rings (SSSR count). The number of amides is 1. The predicted octanol–water partition coefficient (Wildman–Crippen LogP) is 3.50. The van der Waals surface area contributed by atoms with Crippen molar-refractivity contribution in [2.45, 2.75) is 25.8 Å². The van der Waals surface area contributed by atoms with Gasteiger partial charge in [0.25, 0.3) is 12.3 Å². The second kappa shape index (κ2) is 8.63. The Morgan fingerprint density at radius 1 is 1.26 bits per heavy atom. The zero-order valence-electron chi connectivity index (χ0n) is 16.9. The number of aromatic nitrogens is 3. The first-order chi connectivity index (χ1) is 14.9. The number of carbonyl (C=O) groups excluding carboxylic acids is 1. The van der Waals surface area contributed by atoms with E-state index in [0.717, 1.165) is 0 Å². The third-order valence-corrected chi connectivity index (χ3v) is 5.20. The minimum atomic E-state index is -2.73. The summed E-state index contributed by atoms with van der Waals surface area (Å²) in [6, 6.07) is 10.2. The van der Waals surface area contributed by atoms with Gasteiger partial charge in [0.1, 0.15) is 5.84 Å². The van der Waals surface area contributed by atoms with Crippen LogP contribution in [0, 0.1) is 0 Å². The zero-order chi connectivity index (χ0) is 22.0. The molecule has 3 aromatic rings. The van der Waals surface area contributed by atoms with E-state index in [1.165, 1.54) is 4.57 Å². The summed E-state index contributed by atoms with van der Waals surface area (Å²) in [6.07, 6.45) is 2.68. The van der Waals surface area contributed by atoms with Crippen molar-refractivity contribution in [2.75, 3.05) is 13.1 Å². The average Bonchev–Trinajstić information content (AvgIpc) is 3.38. The monoisotopic (exact) mass is 424 g/mol. The number of imidazole rings is 1. The highest BCUT2D eigenvalue weighted by Crippen LogP contribution is 2.27. The van der Waals surface area contributed by atoms with Crippen LogP contribution < -0.4 is 5.73 Å². The van der Waals surface area contributed by atoms with Crippen molar-refractivity contribution in [3.63, 3.8) is 0 Å². The third-order valence-electron chi connectivity index (χ3n) is 5.20. The number of amidine groups is 1. The maximum Gasteiger partial charge on any atom is 0.295 e. The van der Waals surface area contributed by atoms with E-state index in [1.807, 2.05) is 0 Å². The molecule has 0 saturated carbocycles. The largest absolute Gasteiger partial charge is 0.384 e. The summed E-state index contributed by atoms with van der Waals surface area (Å²) in [5.74, 6) is -0.187. The van der Waals surface area contributed by atoms with E-state index >= 15 is 0 Å². The van der Waals surface area contributed by atoms with Crippen molar-refractivity contribution in [2.24, 2.45) is 10.7 Å². The molecule has 160 valence electrons. The second-order valence-electron chi connectivity index (χ2n) is 7.36. The van der Waals surface area contributed by atoms with E-state index < -0.39 is 6.43 Å². The van der Waals surface area contributed by atoms with Crippen LogP contribution in [0.25, 0.3) is 16.7 Å². The molecule has 0 unspecified atom stereocenters. The van der Waals surface area contributed by atoms with E-state index in [9.17, 15) is 13.6 Å². The number of rotatable bonds is 5. The zero-order valence-corrected chi connectivity index (χ0v) is 16.9. The van der Waals surface area contributed by atoms with E-state index in [-0.39, 0.29) is 23.6 Å². The van der Waals surface area contributed by atoms with Gasteiger partial charge in [-0.1, -0.05) is 12.1 Å². The average molecular weight is 424 g/mol. The molecule has 0 radical (unpaired) electrons. The van der Waals surface area contributed by atoms with Gasteiger partial charge in [0.05, 0.1) is 17.1 Å². The van der Waals surface area contributed by atoms with Crippen molar-refractivity contribution >= 4 is 28.5 Å². The summed E-state index contributed by atoms with van der Waals surface area (Å²) >= 11 is 0. The number of hydrogen-bond acceptors (Lipinski definition) is 4. The van der Waals surface area contributed by atoms with E-state index in [0.29, 0.717) is 41.8 Å². The van der Waals surface area contributed by atoms with Crippen LogP contribution in [0.2, 0.25) is 0 Å². The highest BCUT2D eigenvalue weighted by molar-refractivity contribution is 5.97. The topological polar surface area (TPSA) is 89.4 Å². The quantitative estimate of drug-likeness (QED) is 0.501. The van der Waals surface area contributed by atoms with Crippen molar-refractivity contribution in [1.29, 1.82) is 0 Å². The molecule has 0 bridgehead atoms. The van der Waals surface area contributed by atoms with Crippen LogP contribution in [0.15, 0.2) is 59.9 Å². The summed E-state index contributed by atoms with van der Waals surface area (Å²) in [5.41, 5.74) is 8.24. The highest BCUT2D eigenvalue weighted by Gasteiger charge is 2.27. The summed E-state index contributed by atoms with van der Waals surface area (Å²) in [5, 5.41) is 0. The Morgan fingerprint density at radius 2 is 2.00 bits per heavy atom. The van der Waals surface area contributed by atoms with E-state index in [2.05, 4.69) is 15.0 Å². The van der Waals surface area contributed by atoms with Crippen molar-refractivity contribution < 1.29 is 13.6 Å². The van der Waals surface area contributed by atoms with Gasteiger partial charge < -0.3 is 10.6 Å². The summed E-state index contributed by atoms with van der Waals surface area (Å²) in [4.78, 5) is 26.8. The Bertz CT molecular complexity index is 1160. The molecule has 31 heavy (non-hydrogen) atoms. The maximum absolute atomic E-state index is 13.5. The molecule has 1 aliphatic heterocycles. The molecule has 1 atom stereocenters. The number of carbonyl (C=O) groups is 1. The molecular weight excluding hydrogens is 402 g/mol. The first-order valence-corrected chi connectivity index (χ1v) is 9.91. The number of hydrogen-bond donors (Lipinski definition) is 1. The van der Waals surface area contributed by atoms with Crippen molar-refractivity contribution in [1.82, 2.24) is 19.4 Å². The molecule has 0 spiro atoms.